The maximum Gasteiger partial charge on any atom is 0.227 e. The summed E-state index contributed by atoms with van der Waals surface area (Å²) in [5.41, 5.74) is 5.75. The number of hydrogen-bond acceptors (Lipinski definition) is 3. The van der Waals surface area contributed by atoms with Crippen LogP contribution in [0.15, 0.2) is 0 Å². The Morgan fingerprint density at radius 2 is 2.05 bits per heavy atom. The molecule has 0 bridgehead atoms. The van der Waals surface area contributed by atoms with Crippen LogP contribution in [0.25, 0.3) is 0 Å². The lowest BCUT2D eigenvalue weighted by molar-refractivity contribution is -0.130. The number of likely N-dealkylation sites (tertiary alicyclic amines) is 1. The largest absolute Gasteiger partial charge is 0.354 e. The molecule has 2 fully saturated rings. The number of amides is 1. The van der Waals surface area contributed by atoms with Gasteiger partial charge in [0.25, 0.3) is 0 Å². The fourth-order valence-corrected chi connectivity index (χ4v) is 3.41. The molecule has 110 valence electrons. The Hall–Kier alpha value is -0.610. The maximum absolute atomic E-state index is 12.4. The molecule has 1 aliphatic heterocycles. The van der Waals surface area contributed by atoms with Crippen molar-refractivity contribution in [3.05, 3.63) is 0 Å². The molecule has 2 aliphatic rings. The number of piperidine rings is 1. The second kappa shape index (κ2) is 6.23. The van der Waals surface area contributed by atoms with Crippen LogP contribution < -0.4 is 11.1 Å². The molecule has 0 radical (unpaired) electrons. The fraction of sp³-hybridized carbons (Fsp3) is 0.933. The Kier molecular flexibility index (Phi) is 4.85. The lowest BCUT2D eigenvalue weighted by Crippen LogP contribution is -2.51. The summed E-state index contributed by atoms with van der Waals surface area (Å²) in [6.07, 6.45) is 6.92. The zero-order valence-corrected chi connectivity index (χ0v) is 12.5. The minimum Gasteiger partial charge on any atom is -0.354 e. The zero-order chi connectivity index (χ0) is 13.9. The number of hydrogen-bond donors (Lipinski definition) is 2. The summed E-state index contributed by atoms with van der Waals surface area (Å²) >= 11 is 0. The summed E-state index contributed by atoms with van der Waals surface area (Å²) in [7, 11) is 0. The van der Waals surface area contributed by atoms with Gasteiger partial charge in [0.05, 0.1) is 5.41 Å². The van der Waals surface area contributed by atoms with Crippen LogP contribution in [0.5, 0.6) is 0 Å². The Balaban J connectivity index is 1.79. The van der Waals surface area contributed by atoms with Gasteiger partial charge in [-0.1, -0.05) is 12.8 Å². The van der Waals surface area contributed by atoms with E-state index in [0.29, 0.717) is 6.04 Å². The third-order valence-electron chi connectivity index (χ3n) is 5.12. The third-order valence-corrected chi connectivity index (χ3v) is 5.12. The van der Waals surface area contributed by atoms with E-state index < -0.39 is 0 Å². The summed E-state index contributed by atoms with van der Waals surface area (Å²) in [6, 6.07) is 0.461. The Labute approximate surface area is 117 Å². The SMILES string of the molecule is CC(CNC(=O)C1(C)CCCC1N)N1CCCCC1. The van der Waals surface area contributed by atoms with Crippen LogP contribution in [0.4, 0.5) is 0 Å². The predicted octanol–water partition coefficient (Wildman–Crippen LogP) is 1.49. The van der Waals surface area contributed by atoms with E-state index in [1.54, 1.807) is 0 Å². The molecule has 1 saturated carbocycles. The van der Waals surface area contributed by atoms with Gasteiger partial charge in [0.2, 0.25) is 5.91 Å². The molecule has 0 aromatic rings. The molecule has 1 heterocycles. The van der Waals surface area contributed by atoms with Gasteiger partial charge in [-0.05, 0) is 52.6 Å². The second-order valence-corrected chi connectivity index (χ2v) is 6.57. The van der Waals surface area contributed by atoms with Crippen molar-refractivity contribution < 1.29 is 4.79 Å². The molecule has 0 aromatic carbocycles. The van der Waals surface area contributed by atoms with Crippen LogP contribution in [-0.4, -0.2) is 42.5 Å². The summed E-state index contributed by atoms with van der Waals surface area (Å²) in [5.74, 6) is 0.154. The first kappa shape index (κ1) is 14.8. The average Bonchev–Trinajstić information content (AvgIpc) is 2.78. The van der Waals surface area contributed by atoms with Crippen molar-refractivity contribution >= 4 is 5.91 Å². The Bertz CT molecular complexity index is 315. The number of rotatable bonds is 4. The van der Waals surface area contributed by atoms with Gasteiger partial charge in [-0.15, -0.1) is 0 Å². The summed E-state index contributed by atoms with van der Waals surface area (Å²) in [6.45, 7) is 7.33. The monoisotopic (exact) mass is 267 g/mol. The minimum absolute atomic E-state index is 0.0257. The molecule has 0 spiro atoms. The quantitative estimate of drug-likeness (QED) is 0.811. The van der Waals surface area contributed by atoms with E-state index in [0.717, 1.165) is 25.8 Å². The van der Waals surface area contributed by atoms with Gasteiger partial charge in [0, 0.05) is 18.6 Å². The number of carbonyl (C=O) groups excluding carboxylic acids is 1. The summed E-state index contributed by atoms with van der Waals surface area (Å²) in [4.78, 5) is 14.8. The van der Waals surface area contributed by atoms with Gasteiger partial charge >= 0.3 is 0 Å². The van der Waals surface area contributed by atoms with E-state index in [1.165, 1.54) is 32.4 Å². The molecule has 2 rings (SSSR count). The van der Waals surface area contributed by atoms with Gasteiger partial charge in [-0.25, -0.2) is 0 Å². The molecular weight excluding hydrogens is 238 g/mol. The first-order valence-electron chi connectivity index (χ1n) is 7.82. The third kappa shape index (κ3) is 3.29. The lowest BCUT2D eigenvalue weighted by atomic mass is 9.84. The maximum atomic E-state index is 12.4. The van der Waals surface area contributed by atoms with Gasteiger partial charge in [-0.2, -0.15) is 0 Å². The van der Waals surface area contributed by atoms with Crippen molar-refractivity contribution in [2.45, 2.75) is 64.5 Å². The van der Waals surface area contributed by atoms with Crippen LogP contribution in [0, 0.1) is 5.41 Å². The van der Waals surface area contributed by atoms with Crippen molar-refractivity contribution in [1.82, 2.24) is 10.2 Å². The van der Waals surface area contributed by atoms with Gasteiger partial charge in [0.1, 0.15) is 0 Å². The molecule has 1 saturated heterocycles. The van der Waals surface area contributed by atoms with E-state index in [4.69, 9.17) is 5.73 Å². The van der Waals surface area contributed by atoms with Crippen LogP contribution in [-0.2, 0) is 4.79 Å². The minimum atomic E-state index is -0.346. The highest BCUT2D eigenvalue weighted by molar-refractivity contribution is 5.83. The van der Waals surface area contributed by atoms with Crippen LogP contribution >= 0.6 is 0 Å². The molecule has 19 heavy (non-hydrogen) atoms. The number of nitrogens with two attached hydrogens (primary N) is 1. The number of nitrogens with zero attached hydrogens (tertiary/aromatic N) is 1. The van der Waals surface area contributed by atoms with Crippen LogP contribution in [0.3, 0.4) is 0 Å². The van der Waals surface area contributed by atoms with E-state index in [1.807, 2.05) is 6.92 Å². The molecule has 0 aromatic heterocycles. The van der Waals surface area contributed by atoms with Crippen molar-refractivity contribution in [2.75, 3.05) is 19.6 Å². The van der Waals surface area contributed by atoms with E-state index >= 15 is 0 Å². The molecule has 1 amide bonds. The summed E-state index contributed by atoms with van der Waals surface area (Å²) < 4.78 is 0. The smallest absolute Gasteiger partial charge is 0.227 e. The van der Waals surface area contributed by atoms with Gasteiger partial charge in [-0.3, -0.25) is 9.69 Å². The highest BCUT2D eigenvalue weighted by atomic mass is 16.2. The van der Waals surface area contributed by atoms with Gasteiger partial charge in [0.15, 0.2) is 0 Å². The molecular formula is C15H29N3O. The first-order chi connectivity index (χ1) is 9.04. The predicted molar refractivity (Wildman–Crippen MR) is 77.8 cm³/mol. The topological polar surface area (TPSA) is 58.4 Å². The van der Waals surface area contributed by atoms with Crippen LogP contribution in [0.2, 0.25) is 0 Å². The molecule has 3 atom stereocenters. The lowest BCUT2D eigenvalue weighted by Gasteiger charge is -2.34. The van der Waals surface area contributed by atoms with Crippen molar-refractivity contribution in [3.8, 4) is 0 Å². The first-order valence-corrected chi connectivity index (χ1v) is 7.82. The van der Waals surface area contributed by atoms with E-state index in [9.17, 15) is 4.79 Å². The fourth-order valence-electron chi connectivity index (χ4n) is 3.41. The van der Waals surface area contributed by atoms with E-state index in [-0.39, 0.29) is 17.4 Å². The number of carbonyl (C=O) groups is 1. The second-order valence-electron chi connectivity index (χ2n) is 6.57. The highest BCUT2D eigenvalue weighted by Crippen LogP contribution is 2.36. The number of nitrogens with one attached hydrogen (secondary N) is 1. The summed E-state index contributed by atoms with van der Waals surface area (Å²) in [5, 5.41) is 3.13. The Morgan fingerprint density at radius 1 is 1.37 bits per heavy atom. The van der Waals surface area contributed by atoms with Crippen molar-refractivity contribution in [1.29, 1.82) is 0 Å². The molecule has 4 heteroatoms. The van der Waals surface area contributed by atoms with Crippen LogP contribution in [0.1, 0.15) is 52.4 Å². The van der Waals surface area contributed by atoms with Gasteiger partial charge < -0.3 is 11.1 Å². The zero-order valence-electron chi connectivity index (χ0n) is 12.5. The highest BCUT2D eigenvalue weighted by Gasteiger charge is 2.42. The molecule has 3 N–H and O–H groups in total. The van der Waals surface area contributed by atoms with E-state index in [2.05, 4.69) is 17.1 Å². The average molecular weight is 267 g/mol. The molecule has 1 aliphatic carbocycles. The molecule has 3 unspecified atom stereocenters. The standard InChI is InChI=1S/C15H29N3O/c1-12(18-9-4-3-5-10-18)11-17-14(19)15(2)8-6-7-13(15)16/h12-13H,3-11,16H2,1-2H3,(H,17,19). The molecule has 4 nitrogen and oxygen atoms in total. The normalized spacial score (nSPS) is 34.2. The Morgan fingerprint density at radius 3 is 2.63 bits per heavy atom. The van der Waals surface area contributed by atoms with Crippen molar-refractivity contribution in [2.24, 2.45) is 11.1 Å². The van der Waals surface area contributed by atoms with Crippen molar-refractivity contribution in [3.63, 3.8) is 0 Å².